The number of carboxylic acid groups (broad SMARTS) is 1. The molecule has 0 fully saturated rings. The molecular weight excluding hydrogens is 222 g/mol. The molecule has 0 heterocycles. The second kappa shape index (κ2) is 4.27. The molecule has 1 unspecified atom stereocenters. The first-order valence-electron chi connectivity index (χ1n) is 4.06. The fourth-order valence-electron chi connectivity index (χ4n) is 1.16. The topological polar surface area (TPSA) is 80.4 Å². The quantitative estimate of drug-likeness (QED) is 0.482. The van der Waals surface area contributed by atoms with Gasteiger partial charge in [-0.05, 0) is 5.56 Å². The minimum Gasteiger partial charge on any atom is -0.479 e. The summed E-state index contributed by atoms with van der Waals surface area (Å²) in [6.45, 7) is -0.853. The Balaban J connectivity index is 3.13. The van der Waals surface area contributed by atoms with Crippen LogP contribution < -0.4 is 0 Å². The van der Waals surface area contributed by atoms with E-state index in [-0.39, 0.29) is 5.56 Å². The van der Waals surface area contributed by atoms with Gasteiger partial charge in [0.15, 0.2) is 0 Å². The van der Waals surface area contributed by atoms with Gasteiger partial charge in [-0.25, -0.2) is 4.79 Å². The number of benzene rings is 1. The summed E-state index contributed by atoms with van der Waals surface area (Å²) >= 11 is 5.75. The van der Waals surface area contributed by atoms with Crippen LogP contribution in [0.2, 0.25) is 0 Å². The van der Waals surface area contributed by atoms with Crippen LogP contribution in [0, 0.1) is 10.1 Å². The van der Waals surface area contributed by atoms with E-state index in [0.717, 1.165) is 0 Å². The van der Waals surface area contributed by atoms with Crippen molar-refractivity contribution in [1.29, 1.82) is 0 Å². The van der Waals surface area contributed by atoms with E-state index in [1.165, 1.54) is 12.1 Å². The van der Waals surface area contributed by atoms with E-state index in [0.29, 0.717) is 0 Å². The minimum atomic E-state index is -2.00. The minimum absolute atomic E-state index is 0.205. The molecule has 80 valence electrons. The van der Waals surface area contributed by atoms with Crippen LogP contribution in [-0.2, 0) is 9.67 Å². The summed E-state index contributed by atoms with van der Waals surface area (Å²) in [5, 5.41) is 19.2. The second-order valence-corrected chi connectivity index (χ2v) is 3.61. The lowest BCUT2D eigenvalue weighted by atomic mass is 9.98. The number of aliphatic carboxylic acids is 1. The van der Waals surface area contributed by atoms with Gasteiger partial charge in [-0.2, -0.15) is 0 Å². The van der Waals surface area contributed by atoms with Crippen molar-refractivity contribution < 1.29 is 14.8 Å². The van der Waals surface area contributed by atoms with Crippen molar-refractivity contribution in [2.45, 2.75) is 4.87 Å². The average Bonchev–Trinajstić information content (AvgIpc) is 2.17. The molecule has 0 spiro atoms. The van der Waals surface area contributed by atoms with E-state index in [1.54, 1.807) is 18.2 Å². The molecule has 1 N–H and O–H groups in total. The molecule has 15 heavy (non-hydrogen) atoms. The van der Waals surface area contributed by atoms with Gasteiger partial charge in [0.05, 0.1) is 0 Å². The van der Waals surface area contributed by atoms with E-state index in [2.05, 4.69) is 0 Å². The van der Waals surface area contributed by atoms with Crippen molar-refractivity contribution in [2.75, 3.05) is 6.54 Å². The van der Waals surface area contributed by atoms with Crippen LogP contribution in [0.25, 0.3) is 0 Å². The molecule has 0 aromatic heterocycles. The normalized spacial score (nSPS) is 14.2. The molecule has 6 heteroatoms. The number of nitro groups is 1. The Bertz CT molecular complexity index is 381. The standard InChI is InChI=1S/C9H8ClNO4/c10-9(8(12)13,6-11(14)15)7-4-2-1-3-5-7/h1-5H,6H2,(H,12,13). The highest BCUT2D eigenvalue weighted by molar-refractivity contribution is 6.33. The van der Waals surface area contributed by atoms with Gasteiger partial charge in [-0.3, -0.25) is 10.1 Å². The smallest absolute Gasteiger partial charge is 0.336 e. The predicted octanol–water partition coefficient (Wildman–Crippen LogP) is 1.48. The molecule has 0 saturated carbocycles. The van der Waals surface area contributed by atoms with Crippen molar-refractivity contribution in [3.8, 4) is 0 Å². The number of hydrogen-bond acceptors (Lipinski definition) is 3. The van der Waals surface area contributed by atoms with Crippen LogP contribution in [0.1, 0.15) is 5.56 Å². The lowest BCUT2D eigenvalue weighted by molar-refractivity contribution is -0.484. The van der Waals surface area contributed by atoms with Crippen LogP contribution in [-0.4, -0.2) is 22.5 Å². The first-order valence-corrected chi connectivity index (χ1v) is 4.44. The third kappa shape index (κ3) is 2.44. The van der Waals surface area contributed by atoms with Crippen molar-refractivity contribution in [3.05, 3.63) is 46.0 Å². The second-order valence-electron chi connectivity index (χ2n) is 2.96. The van der Waals surface area contributed by atoms with Crippen LogP contribution in [0.15, 0.2) is 30.3 Å². The summed E-state index contributed by atoms with van der Waals surface area (Å²) in [5.41, 5.74) is 0.205. The fourth-order valence-corrected chi connectivity index (χ4v) is 1.39. The SMILES string of the molecule is O=C(O)C(Cl)(C[N+](=O)[O-])c1ccccc1. The van der Waals surface area contributed by atoms with Crippen molar-refractivity contribution in [1.82, 2.24) is 0 Å². The molecule has 0 aliphatic heterocycles. The molecule has 1 rings (SSSR count). The number of halogens is 1. The first kappa shape index (κ1) is 11.5. The van der Waals surface area contributed by atoms with Crippen molar-refractivity contribution in [2.24, 2.45) is 0 Å². The summed E-state index contributed by atoms with van der Waals surface area (Å²) in [7, 11) is 0. The van der Waals surface area contributed by atoms with Crippen LogP contribution >= 0.6 is 11.6 Å². The molecule has 0 amide bonds. The highest BCUT2D eigenvalue weighted by Gasteiger charge is 2.43. The van der Waals surface area contributed by atoms with Crippen molar-refractivity contribution >= 4 is 17.6 Å². The first-order chi connectivity index (χ1) is 6.97. The predicted molar refractivity (Wildman–Crippen MR) is 53.5 cm³/mol. The summed E-state index contributed by atoms with van der Waals surface area (Å²) in [4.78, 5) is 18.5. The zero-order chi connectivity index (χ0) is 11.5. The largest absolute Gasteiger partial charge is 0.479 e. The molecule has 0 aliphatic rings. The van der Waals surface area contributed by atoms with E-state index in [9.17, 15) is 14.9 Å². The molecule has 0 saturated heterocycles. The van der Waals surface area contributed by atoms with Crippen molar-refractivity contribution in [3.63, 3.8) is 0 Å². The lowest BCUT2D eigenvalue weighted by Gasteiger charge is -2.17. The van der Waals surface area contributed by atoms with E-state index in [4.69, 9.17) is 16.7 Å². The third-order valence-electron chi connectivity index (χ3n) is 1.92. The number of nitrogens with zero attached hydrogens (tertiary/aromatic N) is 1. The number of hydrogen-bond donors (Lipinski definition) is 1. The van der Waals surface area contributed by atoms with Gasteiger partial charge in [0.2, 0.25) is 11.4 Å². The molecule has 1 aromatic rings. The van der Waals surface area contributed by atoms with Gasteiger partial charge in [0.1, 0.15) is 0 Å². The van der Waals surface area contributed by atoms with Gasteiger partial charge in [0.25, 0.3) is 0 Å². The zero-order valence-electron chi connectivity index (χ0n) is 7.59. The lowest BCUT2D eigenvalue weighted by Crippen LogP contribution is -2.36. The molecule has 0 aliphatic carbocycles. The average molecular weight is 230 g/mol. The molecule has 1 aromatic carbocycles. The van der Waals surface area contributed by atoms with Gasteiger partial charge < -0.3 is 5.11 Å². The molecule has 1 atom stereocenters. The Morgan fingerprint density at radius 2 is 2.00 bits per heavy atom. The number of carboxylic acids is 1. The molecular formula is C9H8ClNO4. The van der Waals surface area contributed by atoms with Crippen LogP contribution in [0.5, 0.6) is 0 Å². The van der Waals surface area contributed by atoms with Gasteiger partial charge in [-0.15, -0.1) is 0 Å². The maximum absolute atomic E-state index is 10.9. The summed E-state index contributed by atoms with van der Waals surface area (Å²) in [5.74, 6) is -1.42. The third-order valence-corrected chi connectivity index (χ3v) is 2.42. The van der Waals surface area contributed by atoms with Gasteiger partial charge in [0, 0.05) is 4.92 Å². The maximum Gasteiger partial charge on any atom is 0.336 e. The highest BCUT2D eigenvalue weighted by atomic mass is 35.5. The van der Waals surface area contributed by atoms with Crippen LogP contribution in [0.3, 0.4) is 0 Å². The van der Waals surface area contributed by atoms with Crippen LogP contribution in [0.4, 0.5) is 0 Å². The Morgan fingerprint density at radius 3 is 2.40 bits per heavy atom. The Labute approximate surface area is 90.4 Å². The van der Waals surface area contributed by atoms with E-state index >= 15 is 0 Å². The van der Waals surface area contributed by atoms with E-state index in [1.807, 2.05) is 0 Å². The van der Waals surface area contributed by atoms with E-state index < -0.39 is 22.3 Å². The summed E-state index contributed by atoms with van der Waals surface area (Å²) < 4.78 is 0. The fraction of sp³-hybridized carbons (Fsp3) is 0.222. The monoisotopic (exact) mass is 229 g/mol. The number of rotatable bonds is 4. The number of alkyl halides is 1. The zero-order valence-corrected chi connectivity index (χ0v) is 8.35. The Kier molecular flexibility index (Phi) is 3.26. The molecule has 5 nitrogen and oxygen atoms in total. The Hall–Kier alpha value is -1.62. The highest BCUT2D eigenvalue weighted by Crippen LogP contribution is 2.29. The number of carbonyl (C=O) groups is 1. The molecule has 0 bridgehead atoms. The maximum atomic E-state index is 10.9. The summed E-state index contributed by atoms with van der Waals surface area (Å²) in [6.07, 6.45) is 0. The Morgan fingerprint density at radius 1 is 1.47 bits per heavy atom. The summed E-state index contributed by atoms with van der Waals surface area (Å²) in [6, 6.07) is 7.73. The van der Waals surface area contributed by atoms with Gasteiger partial charge in [-0.1, -0.05) is 41.9 Å². The van der Waals surface area contributed by atoms with Gasteiger partial charge >= 0.3 is 5.97 Å². The molecule has 0 radical (unpaired) electrons.